The number of phosphoric ester groups is 1. The summed E-state index contributed by atoms with van der Waals surface area (Å²) >= 11 is 5.70. The largest absolute Gasteiger partial charge is 0.476 e. The molecule has 5 N–H and O–H groups in total. The third kappa shape index (κ3) is 8.37. The van der Waals surface area contributed by atoms with Crippen molar-refractivity contribution in [3.05, 3.63) is 88.8 Å². The molecule has 0 saturated carbocycles. The number of phosphoric acid groups is 1. The third-order valence-corrected chi connectivity index (χ3v) is 5.65. The van der Waals surface area contributed by atoms with E-state index in [1.165, 1.54) is 6.20 Å². The first-order valence-electron chi connectivity index (χ1n) is 10.3. The van der Waals surface area contributed by atoms with Gasteiger partial charge in [-0.05, 0) is 35.9 Å². The second kappa shape index (κ2) is 12.7. The van der Waals surface area contributed by atoms with Crippen LogP contribution in [0.15, 0.2) is 65.5 Å². The van der Waals surface area contributed by atoms with Crippen molar-refractivity contribution < 1.29 is 37.5 Å². The van der Waals surface area contributed by atoms with Crippen molar-refractivity contribution >= 4 is 25.0 Å². The van der Waals surface area contributed by atoms with E-state index in [9.17, 15) is 8.96 Å². The van der Waals surface area contributed by atoms with Gasteiger partial charge in [-0.3, -0.25) is 9.84 Å². The van der Waals surface area contributed by atoms with Crippen molar-refractivity contribution in [1.82, 2.24) is 10.1 Å². The number of halogens is 2. The Bertz CT molecular complexity index is 1230. The van der Waals surface area contributed by atoms with Crippen LogP contribution in [0, 0.1) is 5.82 Å². The van der Waals surface area contributed by atoms with Crippen LogP contribution in [-0.4, -0.2) is 35.4 Å². The molecule has 0 saturated heterocycles. The van der Waals surface area contributed by atoms with Crippen LogP contribution in [0.5, 0.6) is 11.6 Å². The van der Waals surface area contributed by atoms with Crippen LogP contribution in [0.4, 0.5) is 4.39 Å². The summed E-state index contributed by atoms with van der Waals surface area (Å²) in [4.78, 5) is 13.0. The molecule has 2 aromatic heterocycles. The number of hydrogen-bond acceptors (Lipinski definition) is 8. The fourth-order valence-corrected chi connectivity index (χ4v) is 3.29. The monoisotopic (exact) mass is 525 g/mol. The van der Waals surface area contributed by atoms with Gasteiger partial charge in [0.1, 0.15) is 5.75 Å². The molecule has 3 rings (SSSR count). The topological polar surface area (TPSA) is 147 Å². The van der Waals surface area contributed by atoms with Gasteiger partial charge in [-0.1, -0.05) is 28.9 Å². The molecular formula is C22H24ClFN4O6P+. The molecule has 0 amide bonds. The van der Waals surface area contributed by atoms with E-state index in [0.29, 0.717) is 29.2 Å². The summed E-state index contributed by atoms with van der Waals surface area (Å²) in [7, 11) is -2.91. The van der Waals surface area contributed by atoms with Crippen molar-refractivity contribution in [2.75, 3.05) is 20.4 Å². The highest BCUT2D eigenvalue weighted by Gasteiger charge is 2.18. The fraction of sp³-hybridized carbons (Fsp3) is 0.182. The van der Waals surface area contributed by atoms with Crippen molar-refractivity contribution in [2.24, 2.45) is 5.73 Å². The first-order chi connectivity index (χ1) is 16.8. The molecule has 10 nitrogen and oxygen atoms in total. The van der Waals surface area contributed by atoms with Crippen molar-refractivity contribution in [3.8, 4) is 11.6 Å². The minimum Gasteiger partial charge on any atom is -0.436 e. The highest BCUT2D eigenvalue weighted by Crippen LogP contribution is 2.40. The van der Waals surface area contributed by atoms with Gasteiger partial charge >= 0.3 is 7.82 Å². The van der Waals surface area contributed by atoms with Crippen LogP contribution in [-0.2, 0) is 20.0 Å². The molecule has 1 unspecified atom stereocenters. The highest BCUT2D eigenvalue weighted by atomic mass is 35.5. The number of quaternary nitrogens is 1. The van der Waals surface area contributed by atoms with Gasteiger partial charge in [-0.25, -0.2) is 18.5 Å². The number of hydrogen-bond donors (Lipinski definition) is 3. The van der Waals surface area contributed by atoms with E-state index in [-0.39, 0.29) is 24.2 Å². The number of ether oxygens (including phenoxy) is 1. The Labute approximate surface area is 205 Å². The predicted molar refractivity (Wildman–Crippen MR) is 126 cm³/mol. The van der Waals surface area contributed by atoms with Gasteiger partial charge in [0.05, 0.1) is 16.9 Å². The van der Waals surface area contributed by atoms with Gasteiger partial charge in [0, 0.05) is 37.9 Å². The van der Waals surface area contributed by atoms with E-state index in [4.69, 9.17) is 31.5 Å². The summed E-state index contributed by atoms with van der Waals surface area (Å²) in [6.07, 6.45) is 6.88. The lowest BCUT2D eigenvalue weighted by molar-refractivity contribution is -0.617. The Morgan fingerprint density at radius 3 is 2.80 bits per heavy atom. The van der Waals surface area contributed by atoms with E-state index in [0.717, 1.165) is 18.7 Å². The van der Waals surface area contributed by atoms with Crippen LogP contribution < -0.4 is 15.8 Å². The molecular weight excluding hydrogens is 502 g/mol. The smallest absolute Gasteiger partial charge is 0.436 e. The van der Waals surface area contributed by atoms with Gasteiger partial charge in [-0.2, -0.15) is 0 Å². The first kappa shape index (κ1) is 26.7. The number of nitrogens with two attached hydrogens (primary N) is 2. The van der Waals surface area contributed by atoms with Crippen LogP contribution in [0.1, 0.15) is 17.0 Å². The molecule has 0 fully saturated rings. The number of benzene rings is 1. The highest BCUT2D eigenvalue weighted by molar-refractivity contribution is 7.47. The number of allylic oxidation sites excluding steroid dienone is 2. The Hall–Kier alpha value is -2.89. The van der Waals surface area contributed by atoms with E-state index in [1.807, 2.05) is 12.1 Å². The number of nitrogens with zero attached hydrogens (tertiary/aromatic N) is 2. The van der Waals surface area contributed by atoms with E-state index in [1.54, 1.807) is 41.9 Å². The molecule has 2 heterocycles. The van der Waals surface area contributed by atoms with Crippen LogP contribution in [0.25, 0.3) is 5.57 Å². The Balaban J connectivity index is 1.56. The lowest BCUT2D eigenvalue weighted by Crippen LogP contribution is -2.78. The Morgan fingerprint density at radius 1 is 1.34 bits per heavy atom. The average molecular weight is 526 g/mol. The fourth-order valence-electron chi connectivity index (χ4n) is 2.77. The maximum atomic E-state index is 13.8. The Kier molecular flexibility index (Phi) is 9.70. The number of rotatable bonds is 12. The average Bonchev–Trinajstić information content (AvgIpc) is 3.29. The SMILES string of the molecule is COP(=O)(O)OC[NH2+]/C=C\C=C(/CN)c1cc(Cc2ccc(Oc3ncc(Cl)cc3F)cc2)no1. The summed E-state index contributed by atoms with van der Waals surface area (Å²) in [6, 6.07) is 9.97. The van der Waals surface area contributed by atoms with E-state index in [2.05, 4.69) is 19.2 Å². The van der Waals surface area contributed by atoms with Gasteiger partial charge < -0.3 is 19.9 Å². The molecule has 13 heteroatoms. The lowest BCUT2D eigenvalue weighted by atomic mass is 10.1. The molecule has 3 aromatic rings. The Morgan fingerprint density at radius 2 is 2.11 bits per heavy atom. The summed E-state index contributed by atoms with van der Waals surface area (Å²) < 4.78 is 44.9. The first-order valence-corrected chi connectivity index (χ1v) is 12.1. The van der Waals surface area contributed by atoms with Crippen molar-refractivity contribution in [2.45, 2.75) is 6.42 Å². The molecule has 0 bridgehead atoms. The molecule has 1 aromatic carbocycles. The van der Waals surface area contributed by atoms with Crippen LogP contribution in [0.3, 0.4) is 0 Å². The van der Waals surface area contributed by atoms with Crippen molar-refractivity contribution in [1.29, 1.82) is 0 Å². The van der Waals surface area contributed by atoms with Gasteiger partial charge in [0.25, 0.3) is 5.88 Å². The molecule has 0 spiro atoms. The van der Waals surface area contributed by atoms with E-state index < -0.39 is 13.6 Å². The number of aromatic nitrogens is 2. The second-order valence-corrected chi connectivity index (χ2v) is 9.01. The minimum absolute atomic E-state index is 0.0919. The predicted octanol–water partition coefficient (Wildman–Crippen LogP) is 3.39. The molecule has 1 atom stereocenters. The van der Waals surface area contributed by atoms with Crippen LogP contribution >= 0.6 is 19.4 Å². The third-order valence-electron chi connectivity index (χ3n) is 4.50. The van der Waals surface area contributed by atoms with Crippen LogP contribution in [0.2, 0.25) is 5.02 Å². The summed E-state index contributed by atoms with van der Waals surface area (Å²) in [5.41, 5.74) is 8.16. The van der Waals surface area contributed by atoms with Crippen molar-refractivity contribution in [3.63, 3.8) is 0 Å². The minimum atomic E-state index is -4.00. The zero-order chi connectivity index (χ0) is 25.3. The standard InChI is InChI=1S/C22H23ClFN4O6P/c1-31-35(29,30)32-14-26-8-2-3-16(12-25)21-11-18(28-34-21)9-15-4-6-19(7-5-15)33-22-20(24)10-17(23)13-27-22/h2-8,10-11,13,26H,9,12,14,25H2,1H3,(H,29,30)/p+1/b8-2-,16-3+. The maximum Gasteiger partial charge on any atom is 0.476 e. The van der Waals surface area contributed by atoms with Gasteiger partial charge in [0.2, 0.25) is 0 Å². The molecule has 0 aliphatic carbocycles. The lowest BCUT2D eigenvalue weighted by Gasteiger charge is -2.06. The van der Waals surface area contributed by atoms with Gasteiger partial charge in [0.15, 0.2) is 18.3 Å². The molecule has 35 heavy (non-hydrogen) atoms. The number of pyridine rings is 1. The van der Waals surface area contributed by atoms with Gasteiger partial charge in [-0.15, -0.1) is 0 Å². The summed E-state index contributed by atoms with van der Waals surface area (Å²) in [5, 5.41) is 5.82. The normalized spacial score (nSPS) is 13.8. The molecule has 0 radical (unpaired) electrons. The summed E-state index contributed by atoms with van der Waals surface area (Å²) in [5.74, 6) is 0.136. The molecule has 0 aliphatic rings. The zero-order valence-corrected chi connectivity index (χ0v) is 20.3. The maximum absolute atomic E-state index is 13.8. The second-order valence-electron chi connectivity index (χ2n) is 7.01. The van der Waals surface area contributed by atoms with E-state index >= 15 is 0 Å². The quantitative estimate of drug-likeness (QED) is 0.140. The molecule has 186 valence electrons. The zero-order valence-electron chi connectivity index (χ0n) is 18.6. The molecule has 0 aliphatic heterocycles. The summed E-state index contributed by atoms with van der Waals surface area (Å²) in [6.45, 7) is 0.123.